The lowest BCUT2D eigenvalue weighted by Gasteiger charge is -2.17. The number of hydrogen-bond donors (Lipinski definition) is 2. The summed E-state index contributed by atoms with van der Waals surface area (Å²) < 4.78 is 0. The molecule has 2 heteroatoms. The van der Waals surface area contributed by atoms with Crippen LogP contribution in [-0.4, -0.2) is 4.98 Å². The quantitative estimate of drug-likeness (QED) is 0.753. The fraction of sp³-hybridized carbons (Fsp3) is 0.429. The van der Waals surface area contributed by atoms with Crippen LogP contribution in [-0.2, 0) is 19.4 Å². The van der Waals surface area contributed by atoms with Gasteiger partial charge in [0.15, 0.2) is 0 Å². The summed E-state index contributed by atoms with van der Waals surface area (Å²) in [7, 11) is 0. The molecule has 0 saturated carbocycles. The molecule has 1 unspecified atom stereocenters. The first-order valence-corrected chi connectivity index (χ1v) is 6.11. The van der Waals surface area contributed by atoms with Gasteiger partial charge in [-0.25, -0.2) is 0 Å². The molecule has 1 atom stereocenters. The van der Waals surface area contributed by atoms with Crippen LogP contribution in [0, 0.1) is 5.92 Å². The Morgan fingerprint density at radius 2 is 2.31 bits per heavy atom. The molecule has 0 spiro atoms. The van der Waals surface area contributed by atoms with E-state index in [1.165, 1.54) is 47.0 Å². The van der Waals surface area contributed by atoms with Crippen molar-refractivity contribution in [1.29, 1.82) is 0 Å². The van der Waals surface area contributed by atoms with E-state index in [1.54, 1.807) is 0 Å². The Bertz CT molecular complexity index is 525. The molecule has 2 nitrogen and oxygen atoms in total. The van der Waals surface area contributed by atoms with Crippen molar-refractivity contribution in [2.75, 3.05) is 0 Å². The largest absolute Gasteiger partial charge is 0.358 e. The van der Waals surface area contributed by atoms with Gasteiger partial charge in [0.05, 0.1) is 5.52 Å². The Kier molecular flexibility index (Phi) is 2.25. The van der Waals surface area contributed by atoms with Crippen molar-refractivity contribution in [1.82, 2.24) is 4.98 Å². The summed E-state index contributed by atoms with van der Waals surface area (Å²) in [5.41, 5.74) is 11.3. The molecule has 0 bridgehead atoms. The number of aryl methyl sites for hydroxylation is 1. The number of benzene rings is 1. The van der Waals surface area contributed by atoms with E-state index >= 15 is 0 Å². The number of para-hydroxylation sites is 1. The van der Waals surface area contributed by atoms with Crippen molar-refractivity contribution in [3.8, 4) is 0 Å². The summed E-state index contributed by atoms with van der Waals surface area (Å²) in [6.45, 7) is 2.96. The van der Waals surface area contributed by atoms with Gasteiger partial charge in [-0.3, -0.25) is 0 Å². The zero-order valence-electron chi connectivity index (χ0n) is 9.72. The van der Waals surface area contributed by atoms with Crippen LogP contribution in [0.5, 0.6) is 0 Å². The molecule has 1 aromatic heterocycles. The van der Waals surface area contributed by atoms with Crippen LogP contribution < -0.4 is 5.73 Å². The Labute approximate surface area is 95.8 Å². The van der Waals surface area contributed by atoms with E-state index < -0.39 is 0 Å². The van der Waals surface area contributed by atoms with E-state index in [1.807, 2.05) is 0 Å². The number of nitrogens with two attached hydrogens (primary N) is 1. The minimum atomic E-state index is 0.617. The lowest BCUT2D eigenvalue weighted by Crippen LogP contribution is -2.09. The molecule has 0 saturated heterocycles. The number of hydrogen-bond acceptors (Lipinski definition) is 1. The molecule has 2 aromatic rings. The maximum absolute atomic E-state index is 5.78. The van der Waals surface area contributed by atoms with Gasteiger partial charge in [0, 0.05) is 17.6 Å². The fourth-order valence-corrected chi connectivity index (χ4v) is 2.85. The first kappa shape index (κ1) is 9.91. The number of aromatic nitrogens is 1. The van der Waals surface area contributed by atoms with Crippen LogP contribution in [0.2, 0.25) is 0 Å². The van der Waals surface area contributed by atoms with Crippen LogP contribution in [0.25, 0.3) is 10.9 Å². The van der Waals surface area contributed by atoms with Crippen molar-refractivity contribution in [3.63, 3.8) is 0 Å². The molecule has 0 radical (unpaired) electrons. The predicted octanol–water partition coefficient (Wildman–Crippen LogP) is 2.75. The summed E-state index contributed by atoms with van der Waals surface area (Å²) >= 11 is 0. The van der Waals surface area contributed by atoms with Crippen molar-refractivity contribution in [2.24, 2.45) is 11.7 Å². The first-order chi connectivity index (χ1) is 7.79. The standard InChI is InChI=1S/C14H18N2/c1-9-5-6-13-12(7-9)11-4-2-3-10(8-15)14(11)16-13/h2-4,9,16H,5-8,15H2,1H3. The fourth-order valence-electron chi connectivity index (χ4n) is 2.85. The minimum Gasteiger partial charge on any atom is -0.358 e. The highest BCUT2D eigenvalue weighted by Crippen LogP contribution is 2.32. The molecule has 1 aromatic carbocycles. The topological polar surface area (TPSA) is 41.8 Å². The van der Waals surface area contributed by atoms with Gasteiger partial charge in [-0.1, -0.05) is 25.1 Å². The van der Waals surface area contributed by atoms with Crippen LogP contribution in [0.15, 0.2) is 18.2 Å². The summed E-state index contributed by atoms with van der Waals surface area (Å²) in [6, 6.07) is 6.47. The highest BCUT2D eigenvalue weighted by Gasteiger charge is 2.20. The molecule has 0 amide bonds. The van der Waals surface area contributed by atoms with Crippen LogP contribution >= 0.6 is 0 Å². The number of rotatable bonds is 1. The van der Waals surface area contributed by atoms with E-state index in [9.17, 15) is 0 Å². The van der Waals surface area contributed by atoms with Gasteiger partial charge in [0.25, 0.3) is 0 Å². The summed E-state index contributed by atoms with van der Waals surface area (Å²) in [6.07, 6.45) is 3.70. The van der Waals surface area contributed by atoms with Gasteiger partial charge in [-0.05, 0) is 36.3 Å². The normalized spacial score (nSPS) is 20.0. The van der Waals surface area contributed by atoms with Gasteiger partial charge < -0.3 is 10.7 Å². The monoisotopic (exact) mass is 214 g/mol. The van der Waals surface area contributed by atoms with E-state index in [0.29, 0.717) is 6.54 Å². The number of H-pyrrole nitrogens is 1. The Morgan fingerprint density at radius 3 is 3.12 bits per heavy atom. The molecular weight excluding hydrogens is 196 g/mol. The predicted molar refractivity (Wildman–Crippen MR) is 67.4 cm³/mol. The maximum Gasteiger partial charge on any atom is 0.0504 e. The second-order valence-corrected chi connectivity index (χ2v) is 4.97. The zero-order chi connectivity index (χ0) is 11.1. The highest BCUT2D eigenvalue weighted by molar-refractivity contribution is 5.87. The molecular formula is C14H18N2. The summed E-state index contributed by atoms with van der Waals surface area (Å²) in [5.74, 6) is 0.813. The van der Waals surface area contributed by atoms with E-state index in [-0.39, 0.29) is 0 Å². The molecule has 16 heavy (non-hydrogen) atoms. The maximum atomic E-state index is 5.78. The second kappa shape index (κ2) is 3.63. The average molecular weight is 214 g/mol. The molecule has 0 fully saturated rings. The smallest absolute Gasteiger partial charge is 0.0504 e. The molecule has 1 aliphatic carbocycles. The lowest BCUT2D eigenvalue weighted by molar-refractivity contribution is 0.499. The second-order valence-electron chi connectivity index (χ2n) is 4.97. The van der Waals surface area contributed by atoms with Crippen LogP contribution in [0.4, 0.5) is 0 Å². The number of aromatic amines is 1. The number of fused-ring (bicyclic) bond motifs is 3. The molecule has 84 valence electrons. The van der Waals surface area contributed by atoms with E-state index in [0.717, 1.165) is 5.92 Å². The molecule has 1 aliphatic rings. The first-order valence-electron chi connectivity index (χ1n) is 6.11. The molecule has 3 rings (SSSR count). The van der Waals surface area contributed by atoms with Gasteiger partial charge in [0.1, 0.15) is 0 Å². The van der Waals surface area contributed by atoms with Gasteiger partial charge in [-0.2, -0.15) is 0 Å². The summed E-state index contributed by atoms with van der Waals surface area (Å²) in [5, 5.41) is 1.39. The Morgan fingerprint density at radius 1 is 1.44 bits per heavy atom. The summed E-state index contributed by atoms with van der Waals surface area (Å²) in [4.78, 5) is 3.58. The average Bonchev–Trinajstić information content (AvgIpc) is 2.67. The van der Waals surface area contributed by atoms with Gasteiger partial charge in [-0.15, -0.1) is 0 Å². The van der Waals surface area contributed by atoms with Crippen molar-refractivity contribution >= 4 is 10.9 Å². The Hall–Kier alpha value is -1.28. The van der Waals surface area contributed by atoms with E-state index in [2.05, 4.69) is 30.1 Å². The van der Waals surface area contributed by atoms with Crippen molar-refractivity contribution in [2.45, 2.75) is 32.7 Å². The van der Waals surface area contributed by atoms with Crippen LogP contribution in [0.1, 0.15) is 30.2 Å². The number of nitrogens with one attached hydrogen (secondary N) is 1. The Balaban J connectivity index is 2.25. The molecule has 0 aliphatic heterocycles. The lowest BCUT2D eigenvalue weighted by atomic mass is 9.87. The van der Waals surface area contributed by atoms with Crippen molar-refractivity contribution < 1.29 is 0 Å². The van der Waals surface area contributed by atoms with Crippen molar-refractivity contribution in [3.05, 3.63) is 35.0 Å². The third kappa shape index (κ3) is 1.37. The SMILES string of the molecule is CC1CCc2[nH]c3c(CN)cccc3c2C1. The minimum absolute atomic E-state index is 0.617. The zero-order valence-corrected chi connectivity index (χ0v) is 9.72. The van der Waals surface area contributed by atoms with E-state index in [4.69, 9.17) is 5.73 Å². The third-order valence-electron chi connectivity index (χ3n) is 3.78. The van der Waals surface area contributed by atoms with Gasteiger partial charge >= 0.3 is 0 Å². The molecule has 3 N–H and O–H groups in total. The van der Waals surface area contributed by atoms with Crippen LogP contribution in [0.3, 0.4) is 0 Å². The third-order valence-corrected chi connectivity index (χ3v) is 3.78. The highest BCUT2D eigenvalue weighted by atomic mass is 14.7. The molecule has 1 heterocycles. The van der Waals surface area contributed by atoms with Gasteiger partial charge in [0.2, 0.25) is 0 Å².